The number of sulfonamides is 1. The van der Waals surface area contributed by atoms with Crippen LogP contribution in [-0.4, -0.2) is 33.5 Å². The Labute approximate surface area is 248 Å². The van der Waals surface area contributed by atoms with Gasteiger partial charge in [0.05, 0.1) is 35.1 Å². The number of nitrogens with one attached hydrogen (secondary N) is 1. The molecule has 0 bridgehead atoms. The van der Waals surface area contributed by atoms with Gasteiger partial charge in [-0.3, -0.25) is 9.10 Å². The van der Waals surface area contributed by atoms with E-state index < -0.39 is 28.5 Å². The molecule has 0 aliphatic carbocycles. The van der Waals surface area contributed by atoms with Crippen LogP contribution in [0, 0.1) is 0 Å². The van der Waals surface area contributed by atoms with Gasteiger partial charge in [0.25, 0.3) is 15.9 Å². The van der Waals surface area contributed by atoms with Crippen molar-refractivity contribution in [2.75, 3.05) is 22.8 Å². The first-order valence-electron chi connectivity index (χ1n) is 12.5. The minimum Gasteiger partial charge on any atom is -0.492 e. The molecule has 0 aromatic heterocycles. The van der Waals surface area contributed by atoms with Crippen LogP contribution in [0.3, 0.4) is 0 Å². The van der Waals surface area contributed by atoms with Gasteiger partial charge in [0, 0.05) is 5.02 Å². The topological polar surface area (TPSA) is 102 Å². The number of esters is 1. The Hall–Kier alpha value is -4.05. The molecule has 4 rings (SSSR count). The lowest BCUT2D eigenvalue weighted by atomic mass is 10.2. The van der Waals surface area contributed by atoms with E-state index in [2.05, 4.69) is 5.32 Å². The molecule has 1 N–H and O–H groups in total. The summed E-state index contributed by atoms with van der Waals surface area (Å²) in [6, 6.07) is 26.0. The van der Waals surface area contributed by atoms with Crippen LogP contribution in [0.5, 0.6) is 5.75 Å². The minimum atomic E-state index is -4.28. The van der Waals surface area contributed by atoms with E-state index in [0.717, 1.165) is 11.6 Å². The first kappa shape index (κ1) is 29.9. The Morgan fingerprint density at radius 3 is 2.27 bits per heavy atom. The van der Waals surface area contributed by atoms with Crippen LogP contribution >= 0.6 is 23.2 Å². The number of hydrogen-bond acceptors (Lipinski definition) is 6. The molecule has 11 heteroatoms. The van der Waals surface area contributed by atoms with Gasteiger partial charge in [-0.2, -0.15) is 0 Å². The normalized spacial score (nSPS) is 11.0. The summed E-state index contributed by atoms with van der Waals surface area (Å²) < 4.78 is 39.7. The zero-order valence-corrected chi connectivity index (χ0v) is 24.2. The first-order chi connectivity index (χ1) is 19.7. The lowest BCUT2D eigenvalue weighted by Crippen LogP contribution is -2.31. The van der Waals surface area contributed by atoms with E-state index in [1.165, 1.54) is 16.4 Å². The Morgan fingerprint density at radius 2 is 1.56 bits per heavy atom. The van der Waals surface area contributed by atoms with E-state index in [9.17, 15) is 18.0 Å². The average Bonchev–Trinajstić information content (AvgIpc) is 2.97. The molecule has 0 atom stereocenters. The van der Waals surface area contributed by atoms with Crippen LogP contribution in [0.15, 0.2) is 102 Å². The Kier molecular flexibility index (Phi) is 9.88. The highest BCUT2D eigenvalue weighted by molar-refractivity contribution is 7.93. The van der Waals surface area contributed by atoms with Crippen molar-refractivity contribution in [3.63, 3.8) is 0 Å². The maximum atomic E-state index is 14.0. The fraction of sp³-hybridized carbons (Fsp3) is 0.133. The smallest absolute Gasteiger partial charge is 0.338 e. The Balaban J connectivity index is 1.56. The predicted octanol–water partition coefficient (Wildman–Crippen LogP) is 6.58. The SMILES string of the molecule is CCOc1ccccc1NC(=O)COC(=O)c1ccc(Cl)c(S(=O)(=O)N(Cc2ccccc2)c2ccc(Cl)cc2)c1. The highest BCUT2D eigenvalue weighted by atomic mass is 35.5. The van der Waals surface area contributed by atoms with Crippen LogP contribution in [-0.2, 0) is 26.1 Å². The van der Waals surface area contributed by atoms with E-state index in [0.29, 0.717) is 28.8 Å². The lowest BCUT2D eigenvalue weighted by molar-refractivity contribution is -0.119. The van der Waals surface area contributed by atoms with Gasteiger partial charge in [-0.15, -0.1) is 0 Å². The zero-order valence-electron chi connectivity index (χ0n) is 21.9. The van der Waals surface area contributed by atoms with Gasteiger partial charge in [0.15, 0.2) is 6.61 Å². The maximum Gasteiger partial charge on any atom is 0.338 e. The molecular formula is C30H26Cl2N2O6S. The second-order valence-electron chi connectivity index (χ2n) is 8.67. The molecule has 41 heavy (non-hydrogen) atoms. The largest absolute Gasteiger partial charge is 0.492 e. The van der Waals surface area contributed by atoms with Crippen LogP contribution in [0.4, 0.5) is 11.4 Å². The molecular weight excluding hydrogens is 587 g/mol. The van der Waals surface area contributed by atoms with Crippen molar-refractivity contribution in [2.45, 2.75) is 18.4 Å². The van der Waals surface area contributed by atoms with Crippen molar-refractivity contribution < 1.29 is 27.5 Å². The highest BCUT2D eigenvalue weighted by Gasteiger charge is 2.29. The molecule has 212 valence electrons. The molecule has 0 spiro atoms. The Morgan fingerprint density at radius 1 is 0.878 bits per heavy atom. The molecule has 8 nitrogen and oxygen atoms in total. The van der Waals surface area contributed by atoms with Crippen LogP contribution < -0.4 is 14.4 Å². The van der Waals surface area contributed by atoms with Crippen molar-refractivity contribution in [1.29, 1.82) is 0 Å². The summed E-state index contributed by atoms with van der Waals surface area (Å²) in [5.41, 5.74) is 1.42. The fourth-order valence-corrected chi connectivity index (χ4v) is 5.95. The zero-order chi connectivity index (χ0) is 29.4. The molecule has 0 aliphatic heterocycles. The molecule has 0 saturated heterocycles. The van der Waals surface area contributed by atoms with Crippen molar-refractivity contribution in [3.05, 3.63) is 118 Å². The second kappa shape index (κ2) is 13.5. The van der Waals surface area contributed by atoms with E-state index in [1.54, 1.807) is 72.8 Å². The quantitative estimate of drug-likeness (QED) is 0.192. The van der Waals surface area contributed by atoms with Crippen LogP contribution in [0.1, 0.15) is 22.8 Å². The Bertz CT molecular complexity index is 1630. The maximum absolute atomic E-state index is 14.0. The first-order valence-corrected chi connectivity index (χ1v) is 14.7. The molecule has 0 saturated carbocycles. The monoisotopic (exact) mass is 612 g/mol. The number of benzene rings is 4. The van der Waals surface area contributed by atoms with Crippen LogP contribution in [0.25, 0.3) is 0 Å². The molecule has 0 heterocycles. The molecule has 0 unspecified atom stereocenters. The standard InChI is InChI=1S/C30H26Cl2N2O6S/c1-2-39-27-11-7-6-10-26(27)33-29(35)20-40-30(36)22-12-17-25(32)28(18-22)41(37,38)34(19-21-8-4-3-5-9-21)24-15-13-23(31)14-16-24/h3-18H,2,19-20H2,1H3,(H,33,35). The number of halogens is 2. The molecule has 0 radical (unpaired) electrons. The third kappa shape index (κ3) is 7.58. The third-order valence-electron chi connectivity index (χ3n) is 5.81. The number of nitrogens with zero attached hydrogens (tertiary/aromatic N) is 1. The molecule has 4 aromatic carbocycles. The molecule has 4 aromatic rings. The van der Waals surface area contributed by atoms with Crippen molar-refractivity contribution in [1.82, 2.24) is 0 Å². The van der Waals surface area contributed by atoms with E-state index in [1.807, 2.05) is 13.0 Å². The summed E-state index contributed by atoms with van der Waals surface area (Å²) in [7, 11) is -4.28. The van der Waals surface area contributed by atoms with Crippen molar-refractivity contribution >= 4 is 56.5 Å². The summed E-state index contributed by atoms with van der Waals surface area (Å²) in [6.07, 6.45) is 0. The van der Waals surface area contributed by atoms with Gasteiger partial charge >= 0.3 is 5.97 Å². The van der Waals surface area contributed by atoms with E-state index in [4.69, 9.17) is 32.7 Å². The summed E-state index contributed by atoms with van der Waals surface area (Å²) in [6.45, 7) is 1.62. The van der Waals surface area contributed by atoms with Gasteiger partial charge in [-0.05, 0) is 67.1 Å². The van der Waals surface area contributed by atoms with Gasteiger partial charge in [0.2, 0.25) is 0 Å². The predicted molar refractivity (Wildman–Crippen MR) is 159 cm³/mol. The minimum absolute atomic E-state index is 0.000794. The summed E-state index contributed by atoms with van der Waals surface area (Å²) >= 11 is 12.4. The summed E-state index contributed by atoms with van der Waals surface area (Å²) in [5.74, 6) is -1.01. The van der Waals surface area contributed by atoms with Gasteiger partial charge in [-0.1, -0.05) is 65.7 Å². The summed E-state index contributed by atoms with van der Waals surface area (Å²) in [5, 5.41) is 2.99. The fourth-order valence-electron chi connectivity index (χ4n) is 3.87. The van der Waals surface area contributed by atoms with E-state index >= 15 is 0 Å². The molecule has 1 amide bonds. The van der Waals surface area contributed by atoms with Crippen molar-refractivity contribution in [2.24, 2.45) is 0 Å². The van der Waals surface area contributed by atoms with E-state index in [-0.39, 0.29) is 22.0 Å². The van der Waals surface area contributed by atoms with Gasteiger partial charge in [0.1, 0.15) is 10.6 Å². The number of para-hydroxylation sites is 2. The number of carbonyl (C=O) groups is 2. The van der Waals surface area contributed by atoms with Crippen LogP contribution in [0.2, 0.25) is 10.0 Å². The summed E-state index contributed by atoms with van der Waals surface area (Å²) in [4.78, 5) is 25.0. The number of carbonyl (C=O) groups excluding carboxylic acids is 2. The number of amides is 1. The number of rotatable bonds is 11. The third-order valence-corrected chi connectivity index (χ3v) is 8.32. The highest BCUT2D eigenvalue weighted by Crippen LogP contribution is 2.32. The number of ether oxygens (including phenoxy) is 2. The number of anilines is 2. The number of hydrogen-bond donors (Lipinski definition) is 1. The van der Waals surface area contributed by atoms with Gasteiger partial charge < -0.3 is 14.8 Å². The second-order valence-corrected chi connectivity index (χ2v) is 11.3. The molecule has 0 aliphatic rings. The van der Waals surface area contributed by atoms with Gasteiger partial charge in [-0.25, -0.2) is 13.2 Å². The average molecular weight is 614 g/mol. The van der Waals surface area contributed by atoms with Crippen molar-refractivity contribution in [3.8, 4) is 5.75 Å². The lowest BCUT2D eigenvalue weighted by Gasteiger charge is -2.25. The molecule has 0 fully saturated rings.